The molecule has 0 atom stereocenters. The van der Waals surface area contributed by atoms with Crippen LogP contribution in [0.5, 0.6) is 0 Å². The molecule has 0 bridgehead atoms. The largest absolute Gasteiger partial charge is 0.350 e. The van der Waals surface area contributed by atoms with Gasteiger partial charge in [-0.25, -0.2) is 0 Å². The Labute approximate surface area is 97.4 Å². The topological polar surface area (TPSA) is 36.9 Å². The normalized spacial score (nSPS) is 30.9. The van der Waals surface area contributed by atoms with E-state index in [2.05, 4.69) is 35.3 Å². The van der Waals surface area contributed by atoms with Gasteiger partial charge in [-0.2, -0.15) is 0 Å². The van der Waals surface area contributed by atoms with Crippen LogP contribution >= 0.6 is 0 Å². The van der Waals surface area contributed by atoms with Crippen LogP contribution in [-0.4, -0.2) is 50.3 Å². The van der Waals surface area contributed by atoms with Gasteiger partial charge in [0.05, 0.1) is 0 Å². The number of hydrogen-bond donors (Lipinski definition) is 1. The lowest BCUT2D eigenvalue weighted by Gasteiger charge is -2.45. The van der Waals surface area contributed by atoms with Crippen molar-refractivity contribution in [2.75, 3.05) is 33.9 Å². The lowest BCUT2D eigenvalue weighted by Crippen LogP contribution is -2.54. The van der Waals surface area contributed by atoms with Gasteiger partial charge >= 0.3 is 0 Å². The molecule has 2 saturated heterocycles. The molecule has 16 heavy (non-hydrogen) atoms. The minimum Gasteiger partial charge on any atom is -0.350 e. The number of nitrogens with zero attached hydrogens (tertiary/aromatic N) is 2. The highest BCUT2D eigenvalue weighted by Crippen LogP contribution is 2.35. The highest BCUT2D eigenvalue weighted by Gasteiger charge is 2.42. The van der Waals surface area contributed by atoms with Crippen LogP contribution in [0.4, 0.5) is 0 Å². The average Bonchev–Trinajstić information content (AvgIpc) is 2.32. The number of ether oxygens (including phenoxy) is 1. The number of piperidine rings is 1. The highest BCUT2D eigenvalue weighted by atomic mass is 16.5. The van der Waals surface area contributed by atoms with E-state index in [-0.39, 0.29) is 5.60 Å². The van der Waals surface area contributed by atoms with Crippen molar-refractivity contribution in [2.45, 2.75) is 25.4 Å². The summed E-state index contributed by atoms with van der Waals surface area (Å²) in [6.07, 6.45) is 4.26. The van der Waals surface area contributed by atoms with Gasteiger partial charge in [0, 0.05) is 25.7 Å². The Morgan fingerprint density at radius 1 is 1.44 bits per heavy atom. The van der Waals surface area contributed by atoms with Crippen molar-refractivity contribution in [3.63, 3.8) is 0 Å². The first-order chi connectivity index (χ1) is 7.72. The van der Waals surface area contributed by atoms with Crippen molar-refractivity contribution in [3.05, 3.63) is 11.6 Å². The molecular formula is C12H21N3O. The van der Waals surface area contributed by atoms with E-state index in [4.69, 9.17) is 4.74 Å². The molecule has 1 N–H and O–H groups in total. The van der Waals surface area contributed by atoms with E-state index in [1.807, 2.05) is 7.05 Å². The third-order valence-electron chi connectivity index (χ3n) is 3.64. The van der Waals surface area contributed by atoms with Gasteiger partial charge in [-0.1, -0.05) is 6.08 Å². The van der Waals surface area contributed by atoms with E-state index >= 15 is 0 Å². The van der Waals surface area contributed by atoms with Crippen molar-refractivity contribution in [1.82, 2.24) is 10.2 Å². The minimum absolute atomic E-state index is 0.0959. The van der Waals surface area contributed by atoms with Gasteiger partial charge in [-0.3, -0.25) is 4.99 Å². The monoisotopic (exact) mass is 223 g/mol. The SMILES string of the molecule is C/C=C1\C(=NC)NCOC12CCN(C)CC2. The number of aliphatic imine (C=N–C) groups is 1. The van der Waals surface area contributed by atoms with Crippen LogP contribution < -0.4 is 5.32 Å². The first-order valence-electron chi connectivity index (χ1n) is 5.92. The van der Waals surface area contributed by atoms with Gasteiger partial charge in [0.1, 0.15) is 18.2 Å². The van der Waals surface area contributed by atoms with Crippen LogP contribution in [0, 0.1) is 0 Å². The molecule has 0 radical (unpaired) electrons. The summed E-state index contributed by atoms with van der Waals surface area (Å²) in [5.74, 6) is 0.998. The van der Waals surface area contributed by atoms with Crippen LogP contribution in [-0.2, 0) is 4.74 Å². The maximum Gasteiger partial charge on any atom is 0.128 e. The molecule has 0 aromatic heterocycles. The number of likely N-dealkylation sites (tertiary alicyclic amines) is 1. The van der Waals surface area contributed by atoms with E-state index < -0.39 is 0 Å². The molecule has 0 saturated carbocycles. The summed E-state index contributed by atoms with van der Waals surface area (Å²) in [7, 11) is 4.00. The van der Waals surface area contributed by atoms with Crippen molar-refractivity contribution >= 4 is 5.84 Å². The first-order valence-corrected chi connectivity index (χ1v) is 5.92. The zero-order chi connectivity index (χ0) is 11.6. The van der Waals surface area contributed by atoms with Gasteiger partial charge in [-0.05, 0) is 26.8 Å². The maximum atomic E-state index is 6.00. The Morgan fingerprint density at radius 2 is 2.12 bits per heavy atom. The number of rotatable bonds is 0. The minimum atomic E-state index is -0.0959. The van der Waals surface area contributed by atoms with E-state index in [0.717, 1.165) is 31.8 Å². The second kappa shape index (κ2) is 4.55. The predicted molar refractivity (Wildman–Crippen MR) is 65.7 cm³/mol. The summed E-state index contributed by atoms with van der Waals surface area (Å²) >= 11 is 0. The van der Waals surface area contributed by atoms with Gasteiger partial charge in [-0.15, -0.1) is 0 Å². The number of amidine groups is 1. The molecule has 1 spiro atoms. The summed E-state index contributed by atoms with van der Waals surface area (Å²) in [4.78, 5) is 6.67. The summed E-state index contributed by atoms with van der Waals surface area (Å²) < 4.78 is 6.00. The van der Waals surface area contributed by atoms with Crippen LogP contribution in [0.3, 0.4) is 0 Å². The Bertz CT molecular complexity index is 314. The third-order valence-corrected chi connectivity index (χ3v) is 3.64. The summed E-state index contributed by atoms with van der Waals surface area (Å²) in [6.45, 7) is 4.83. The second-order valence-corrected chi connectivity index (χ2v) is 4.54. The number of hydrogen-bond acceptors (Lipinski definition) is 3. The molecule has 4 heteroatoms. The molecule has 0 aliphatic carbocycles. The van der Waals surface area contributed by atoms with Crippen LogP contribution in [0.1, 0.15) is 19.8 Å². The number of allylic oxidation sites excluding steroid dienone is 1. The standard InChI is InChI=1S/C12H21N3O/c1-4-10-11(13-2)14-9-16-12(10)5-7-15(3)8-6-12/h4H,5-9H2,1-3H3,(H,13,14)/b10-4+. The van der Waals surface area contributed by atoms with Crippen molar-refractivity contribution in [2.24, 2.45) is 4.99 Å². The zero-order valence-corrected chi connectivity index (χ0v) is 10.4. The summed E-state index contributed by atoms with van der Waals surface area (Å²) in [5, 5.41) is 3.20. The van der Waals surface area contributed by atoms with Crippen LogP contribution in [0.2, 0.25) is 0 Å². The Hall–Kier alpha value is -0.870. The summed E-state index contributed by atoms with van der Waals surface area (Å²) in [6, 6.07) is 0. The second-order valence-electron chi connectivity index (χ2n) is 4.54. The van der Waals surface area contributed by atoms with Crippen molar-refractivity contribution in [3.8, 4) is 0 Å². The smallest absolute Gasteiger partial charge is 0.128 e. The molecule has 4 nitrogen and oxygen atoms in total. The van der Waals surface area contributed by atoms with Gasteiger partial charge in [0.2, 0.25) is 0 Å². The quantitative estimate of drug-likeness (QED) is 0.665. The summed E-state index contributed by atoms with van der Waals surface area (Å²) in [5.41, 5.74) is 1.14. The Balaban J connectivity index is 2.25. The molecule has 2 aliphatic heterocycles. The first kappa shape index (κ1) is 11.6. The van der Waals surface area contributed by atoms with Gasteiger partial charge in [0.15, 0.2) is 0 Å². The molecule has 90 valence electrons. The molecular weight excluding hydrogens is 202 g/mol. The highest BCUT2D eigenvalue weighted by molar-refractivity contribution is 6.00. The fraction of sp³-hybridized carbons (Fsp3) is 0.750. The Morgan fingerprint density at radius 3 is 2.69 bits per heavy atom. The predicted octanol–water partition coefficient (Wildman–Crippen LogP) is 1.00. The molecule has 2 fully saturated rings. The van der Waals surface area contributed by atoms with Crippen molar-refractivity contribution < 1.29 is 4.74 Å². The van der Waals surface area contributed by atoms with E-state index in [1.165, 1.54) is 5.57 Å². The molecule has 0 amide bonds. The van der Waals surface area contributed by atoms with Gasteiger partial charge < -0.3 is 15.0 Å². The molecule has 2 rings (SSSR count). The van der Waals surface area contributed by atoms with E-state index in [9.17, 15) is 0 Å². The van der Waals surface area contributed by atoms with Gasteiger partial charge in [0.25, 0.3) is 0 Å². The van der Waals surface area contributed by atoms with E-state index in [0.29, 0.717) is 6.73 Å². The van der Waals surface area contributed by atoms with Crippen LogP contribution in [0.15, 0.2) is 16.6 Å². The number of nitrogens with one attached hydrogen (secondary N) is 1. The molecule has 2 aliphatic rings. The fourth-order valence-electron chi connectivity index (χ4n) is 2.62. The van der Waals surface area contributed by atoms with Crippen LogP contribution in [0.25, 0.3) is 0 Å². The fourth-order valence-corrected chi connectivity index (χ4v) is 2.62. The molecule has 0 aromatic rings. The maximum absolute atomic E-state index is 6.00. The van der Waals surface area contributed by atoms with E-state index in [1.54, 1.807) is 0 Å². The molecule has 2 heterocycles. The zero-order valence-electron chi connectivity index (χ0n) is 10.4. The Kier molecular flexibility index (Phi) is 3.30. The molecule has 0 aromatic carbocycles. The average molecular weight is 223 g/mol. The van der Waals surface area contributed by atoms with Crippen molar-refractivity contribution in [1.29, 1.82) is 0 Å². The third kappa shape index (κ3) is 1.87. The lowest BCUT2D eigenvalue weighted by atomic mass is 9.82. The lowest BCUT2D eigenvalue weighted by molar-refractivity contribution is -0.0619. The molecule has 0 unspecified atom stereocenters.